The molecule has 0 spiro atoms. The summed E-state index contributed by atoms with van der Waals surface area (Å²) in [6.07, 6.45) is 5.08. The smallest absolute Gasteiger partial charge is 0.0896 e. The van der Waals surface area contributed by atoms with Crippen LogP contribution in [0.5, 0.6) is 0 Å². The van der Waals surface area contributed by atoms with Gasteiger partial charge in [0.25, 0.3) is 0 Å². The van der Waals surface area contributed by atoms with E-state index in [1.54, 1.807) is 11.3 Å². The van der Waals surface area contributed by atoms with E-state index in [0.29, 0.717) is 6.04 Å². The van der Waals surface area contributed by atoms with E-state index in [1.807, 2.05) is 17.5 Å². The lowest BCUT2D eigenvalue weighted by atomic mass is 10.1. The van der Waals surface area contributed by atoms with Gasteiger partial charge in [-0.3, -0.25) is 4.90 Å². The minimum Gasteiger partial charge on any atom is -0.388 e. The van der Waals surface area contributed by atoms with Gasteiger partial charge in [0.05, 0.1) is 6.10 Å². The van der Waals surface area contributed by atoms with Crippen molar-refractivity contribution in [3.05, 3.63) is 46.4 Å². The van der Waals surface area contributed by atoms with E-state index in [4.69, 9.17) is 0 Å². The maximum atomic E-state index is 10.3. The van der Waals surface area contributed by atoms with Gasteiger partial charge in [-0.25, -0.2) is 0 Å². The van der Waals surface area contributed by atoms with Gasteiger partial charge in [-0.05, 0) is 49.4 Å². The molecule has 1 aliphatic heterocycles. The molecule has 0 saturated carbocycles. The van der Waals surface area contributed by atoms with Crippen LogP contribution in [-0.2, 0) is 13.6 Å². The molecule has 1 N–H and O–H groups in total. The van der Waals surface area contributed by atoms with Gasteiger partial charge in [-0.2, -0.15) is 0 Å². The molecular formula is C16H22N2OS. The number of aliphatic hydroxyl groups excluding tert-OH is 1. The van der Waals surface area contributed by atoms with Gasteiger partial charge < -0.3 is 9.67 Å². The van der Waals surface area contributed by atoms with Crippen molar-refractivity contribution in [2.24, 2.45) is 7.05 Å². The average molecular weight is 290 g/mol. The molecule has 108 valence electrons. The molecule has 0 aliphatic carbocycles. The summed E-state index contributed by atoms with van der Waals surface area (Å²) < 4.78 is 2.19. The lowest BCUT2D eigenvalue weighted by Crippen LogP contribution is -2.31. The summed E-state index contributed by atoms with van der Waals surface area (Å²) >= 11 is 1.65. The second-order valence-electron chi connectivity index (χ2n) is 5.64. The predicted octanol–water partition coefficient (Wildman–Crippen LogP) is 3.17. The lowest BCUT2D eigenvalue weighted by molar-refractivity contribution is 0.119. The minimum atomic E-state index is -0.311. The zero-order chi connectivity index (χ0) is 13.9. The molecule has 0 amide bonds. The number of nitrogens with zero attached hydrogens (tertiary/aromatic N) is 2. The first-order chi connectivity index (χ1) is 9.74. The average Bonchev–Trinajstić information content (AvgIpc) is 3.14. The molecular weight excluding hydrogens is 268 g/mol. The number of aromatic nitrogens is 1. The number of aryl methyl sites for hydroxylation is 1. The van der Waals surface area contributed by atoms with Crippen LogP contribution < -0.4 is 0 Å². The number of likely N-dealkylation sites (tertiary alicyclic amines) is 1. The summed E-state index contributed by atoms with van der Waals surface area (Å²) in [6, 6.07) is 8.83. The van der Waals surface area contributed by atoms with Crippen molar-refractivity contribution >= 4 is 11.3 Å². The molecule has 0 radical (unpaired) electrons. The summed E-state index contributed by atoms with van der Waals surface area (Å²) in [6.45, 7) is 2.14. The molecule has 0 aromatic carbocycles. The highest BCUT2D eigenvalue weighted by molar-refractivity contribution is 7.10. The van der Waals surface area contributed by atoms with E-state index in [1.165, 1.54) is 18.5 Å². The molecule has 0 bridgehead atoms. The van der Waals surface area contributed by atoms with Gasteiger partial charge in [0.15, 0.2) is 0 Å². The highest BCUT2D eigenvalue weighted by atomic mass is 32.1. The van der Waals surface area contributed by atoms with Crippen LogP contribution >= 0.6 is 11.3 Å². The van der Waals surface area contributed by atoms with Crippen LogP contribution in [0.15, 0.2) is 35.8 Å². The van der Waals surface area contributed by atoms with Crippen LogP contribution in [0.25, 0.3) is 0 Å². The van der Waals surface area contributed by atoms with Crippen LogP contribution in [0, 0.1) is 0 Å². The molecule has 3 heterocycles. The first-order valence-electron chi connectivity index (χ1n) is 7.30. The maximum Gasteiger partial charge on any atom is 0.0896 e. The lowest BCUT2D eigenvalue weighted by Gasteiger charge is -2.26. The molecule has 3 nitrogen and oxygen atoms in total. The number of hydrogen-bond acceptors (Lipinski definition) is 3. The van der Waals surface area contributed by atoms with Gasteiger partial charge in [-0.15, -0.1) is 11.3 Å². The van der Waals surface area contributed by atoms with E-state index < -0.39 is 0 Å². The third kappa shape index (κ3) is 2.97. The van der Waals surface area contributed by atoms with Crippen LogP contribution in [0.1, 0.15) is 35.9 Å². The molecule has 1 fully saturated rings. The van der Waals surface area contributed by atoms with Crippen LogP contribution in [-0.4, -0.2) is 27.2 Å². The third-order valence-electron chi connectivity index (χ3n) is 4.28. The van der Waals surface area contributed by atoms with Crippen molar-refractivity contribution in [1.82, 2.24) is 9.47 Å². The van der Waals surface area contributed by atoms with Crippen molar-refractivity contribution in [2.45, 2.75) is 38.0 Å². The Morgan fingerprint density at radius 1 is 1.40 bits per heavy atom. The normalized spacial score (nSPS) is 21.4. The first-order valence-corrected chi connectivity index (χ1v) is 8.18. The third-order valence-corrected chi connectivity index (χ3v) is 5.26. The van der Waals surface area contributed by atoms with Crippen molar-refractivity contribution in [1.29, 1.82) is 0 Å². The monoisotopic (exact) mass is 290 g/mol. The first kappa shape index (κ1) is 13.9. The Labute approximate surface area is 124 Å². The highest BCUT2D eigenvalue weighted by Gasteiger charge is 2.27. The molecule has 20 heavy (non-hydrogen) atoms. The largest absolute Gasteiger partial charge is 0.388 e. The van der Waals surface area contributed by atoms with Crippen molar-refractivity contribution < 1.29 is 5.11 Å². The van der Waals surface area contributed by atoms with Gasteiger partial charge in [-0.1, -0.05) is 6.07 Å². The Morgan fingerprint density at radius 2 is 2.30 bits per heavy atom. The second kappa shape index (κ2) is 6.12. The predicted molar refractivity (Wildman–Crippen MR) is 82.7 cm³/mol. The fourth-order valence-electron chi connectivity index (χ4n) is 3.09. The SMILES string of the molecule is Cn1cccc1CN1CCCC1CC(O)c1cccs1. The summed E-state index contributed by atoms with van der Waals surface area (Å²) in [5.41, 5.74) is 1.35. The molecule has 2 unspecified atom stereocenters. The number of aliphatic hydroxyl groups is 1. The van der Waals surface area contributed by atoms with Gasteiger partial charge in [0, 0.05) is 36.4 Å². The Hall–Kier alpha value is -1.10. The van der Waals surface area contributed by atoms with Crippen LogP contribution in [0.3, 0.4) is 0 Å². The topological polar surface area (TPSA) is 28.4 Å². The summed E-state index contributed by atoms with van der Waals surface area (Å²) in [4.78, 5) is 3.61. The quantitative estimate of drug-likeness (QED) is 0.916. The molecule has 2 atom stereocenters. The number of thiophene rings is 1. The molecule has 1 saturated heterocycles. The Bertz CT molecular complexity index is 534. The van der Waals surface area contributed by atoms with Crippen molar-refractivity contribution in [2.75, 3.05) is 6.54 Å². The van der Waals surface area contributed by atoms with E-state index in [0.717, 1.165) is 24.4 Å². The van der Waals surface area contributed by atoms with E-state index in [-0.39, 0.29) is 6.10 Å². The molecule has 3 rings (SSSR count). The fraction of sp³-hybridized carbons (Fsp3) is 0.500. The summed E-state index contributed by atoms with van der Waals surface area (Å²) in [7, 11) is 2.10. The minimum absolute atomic E-state index is 0.311. The summed E-state index contributed by atoms with van der Waals surface area (Å²) in [5.74, 6) is 0. The van der Waals surface area contributed by atoms with Gasteiger partial charge >= 0.3 is 0 Å². The summed E-state index contributed by atoms with van der Waals surface area (Å²) in [5, 5.41) is 12.4. The molecule has 2 aromatic heterocycles. The van der Waals surface area contributed by atoms with Gasteiger partial charge in [0.2, 0.25) is 0 Å². The maximum absolute atomic E-state index is 10.3. The number of rotatable bonds is 5. The standard InChI is InChI=1S/C16H22N2OS/c1-17-8-2-6-14(17)12-18-9-3-5-13(18)11-15(19)16-7-4-10-20-16/h2,4,6-8,10,13,15,19H,3,5,9,11-12H2,1H3. The van der Waals surface area contributed by atoms with Crippen molar-refractivity contribution in [3.63, 3.8) is 0 Å². The highest BCUT2D eigenvalue weighted by Crippen LogP contribution is 2.30. The molecule has 4 heteroatoms. The zero-order valence-electron chi connectivity index (χ0n) is 11.9. The van der Waals surface area contributed by atoms with E-state index >= 15 is 0 Å². The Balaban J connectivity index is 1.62. The zero-order valence-corrected chi connectivity index (χ0v) is 12.7. The van der Waals surface area contributed by atoms with E-state index in [2.05, 4.69) is 34.8 Å². The molecule has 1 aliphatic rings. The van der Waals surface area contributed by atoms with Crippen LogP contribution in [0.2, 0.25) is 0 Å². The van der Waals surface area contributed by atoms with Crippen molar-refractivity contribution in [3.8, 4) is 0 Å². The fourth-order valence-corrected chi connectivity index (χ4v) is 3.82. The van der Waals surface area contributed by atoms with E-state index in [9.17, 15) is 5.11 Å². The molecule has 2 aromatic rings. The second-order valence-corrected chi connectivity index (χ2v) is 6.62. The number of hydrogen-bond donors (Lipinski definition) is 1. The Morgan fingerprint density at radius 3 is 3.00 bits per heavy atom. The van der Waals surface area contributed by atoms with Gasteiger partial charge in [0.1, 0.15) is 0 Å². The Kier molecular flexibility index (Phi) is 4.24. The van der Waals surface area contributed by atoms with Crippen LogP contribution in [0.4, 0.5) is 0 Å².